The maximum Gasteiger partial charge on any atom is 0.326 e. The zero-order chi connectivity index (χ0) is 24.4. The van der Waals surface area contributed by atoms with Crippen LogP contribution in [0.3, 0.4) is 0 Å². The molecule has 0 aliphatic carbocycles. The number of urea groups is 2. The molecule has 8 nitrogen and oxygen atoms in total. The molecule has 4 rings (SSSR count). The molecule has 2 unspecified atom stereocenters. The van der Waals surface area contributed by atoms with E-state index in [1.54, 1.807) is 15.9 Å². The number of likely N-dealkylation sites (tertiary alicyclic amines) is 1. The van der Waals surface area contributed by atoms with E-state index in [-0.39, 0.29) is 18.5 Å². The second kappa shape index (κ2) is 10.2. The molecule has 0 saturated carbocycles. The Hall–Kier alpha value is -2.78. The van der Waals surface area contributed by atoms with Gasteiger partial charge < -0.3 is 25.5 Å². The summed E-state index contributed by atoms with van der Waals surface area (Å²) in [5.41, 5.74) is 3.41. The maximum absolute atomic E-state index is 13.0. The number of piperidine rings is 1. The average Bonchev–Trinajstić information content (AvgIpc) is 2.81. The molecule has 1 saturated heterocycles. The number of carbonyl (C=O) groups excluding carboxylic acids is 2. The van der Waals surface area contributed by atoms with Crippen molar-refractivity contribution in [3.05, 3.63) is 62.6 Å². The second-order valence-electron chi connectivity index (χ2n) is 8.71. The van der Waals surface area contributed by atoms with Crippen LogP contribution in [0, 0.1) is 6.92 Å². The molecule has 2 aliphatic heterocycles. The first-order valence-electron chi connectivity index (χ1n) is 11.1. The highest BCUT2D eigenvalue weighted by atomic mass is 79.9. The van der Waals surface area contributed by atoms with Gasteiger partial charge in [-0.05, 0) is 64.5 Å². The minimum absolute atomic E-state index is 0.125. The van der Waals surface area contributed by atoms with Crippen LogP contribution in [0.1, 0.15) is 29.5 Å². The van der Waals surface area contributed by atoms with Crippen LogP contribution in [0.4, 0.5) is 15.3 Å². The highest BCUT2D eigenvalue weighted by Crippen LogP contribution is 2.29. The number of anilines is 1. The molecule has 1 fully saturated rings. The van der Waals surface area contributed by atoms with Crippen molar-refractivity contribution in [2.24, 2.45) is 0 Å². The molecule has 0 aromatic heterocycles. The van der Waals surface area contributed by atoms with Crippen molar-refractivity contribution in [3.8, 4) is 0 Å². The zero-order valence-electron chi connectivity index (χ0n) is 18.7. The van der Waals surface area contributed by atoms with Gasteiger partial charge in [0.1, 0.15) is 6.04 Å². The van der Waals surface area contributed by atoms with Gasteiger partial charge in [-0.3, -0.25) is 0 Å². The molecular weight excluding hydrogens is 524 g/mol. The molecule has 0 spiro atoms. The molecule has 0 radical (unpaired) electrons. The summed E-state index contributed by atoms with van der Waals surface area (Å²) in [6.45, 7) is 3.17. The predicted molar refractivity (Wildman–Crippen MR) is 133 cm³/mol. The summed E-state index contributed by atoms with van der Waals surface area (Å²) in [5.74, 6) is -1.11. The number of hydrogen-bond donors (Lipinski definition) is 3. The van der Waals surface area contributed by atoms with Crippen molar-refractivity contribution >= 4 is 51.2 Å². The van der Waals surface area contributed by atoms with E-state index in [9.17, 15) is 19.5 Å². The number of carboxylic acids is 1. The summed E-state index contributed by atoms with van der Waals surface area (Å²) in [6, 6.07) is 9.38. The molecule has 0 bridgehead atoms. The van der Waals surface area contributed by atoms with Gasteiger partial charge in [-0.1, -0.05) is 35.9 Å². The van der Waals surface area contributed by atoms with Gasteiger partial charge in [-0.25, -0.2) is 14.4 Å². The summed E-state index contributed by atoms with van der Waals surface area (Å²) in [5, 5.41) is 15.9. The fourth-order valence-corrected chi connectivity index (χ4v) is 5.22. The number of benzene rings is 2. The maximum atomic E-state index is 13.0. The summed E-state index contributed by atoms with van der Waals surface area (Å²) >= 11 is 9.56. The first kappa shape index (κ1) is 24.3. The van der Waals surface area contributed by atoms with E-state index in [0.29, 0.717) is 29.1 Å². The van der Waals surface area contributed by atoms with Gasteiger partial charge in [-0.15, -0.1) is 0 Å². The molecule has 10 heteroatoms. The fourth-order valence-electron chi connectivity index (χ4n) is 4.50. The quantitative estimate of drug-likeness (QED) is 0.506. The van der Waals surface area contributed by atoms with Crippen LogP contribution in [-0.4, -0.2) is 58.1 Å². The van der Waals surface area contributed by atoms with Gasteiger partial charge in [0.05, 0.1) is 11.1 Å². The minimum Gasteiger partial charge on any atom is -0.480 e. The second-order valence-corrected chi connectivity index (χ2v) is 9.94. The van der Waals surface area contributed by atoms with Crippen molar-refractivity contribution in [1.82, 2.24) is 15.1 Å². The van der Waals surface area contributed by atoms with E-state index in [0.717, 1.165) is 35.2 Å². The van der Waals surface area contributed by atoms with Crippen LogP contribution in [-0.2, 0) is 17.8 Å². The Labute approximate surface area is 211 Å². The predicted octanol–water partition coefficient (Wildman–Crippen LogP) is 4.63. The molecule has 2 atom stereocenters. The number of amides is 4. The number of rotatable bonds is 5. The van der Waals surface area contributed by atoms with E-state index >= 15 is 0 Å². The number of nitrogens with one attached hydrogen (secondary N) is 2. The van der Waals surface area contributed by atoms with Gasteiger partial charge in [0, 0.05) is 36.2 Å². The summed E-state index contributed by atoms with van der Waals surface area (Å²) in [4.78, 5) is 40.9. The molecular formula is C24H26BrClN4O4. The molecule has 4 amide bonds. The lowest BCUT2D eigenvalue weighted by molar-refractivity contribution is -0.139. The molecule has 34 heavy (non-hydrogen) atoms. The Bertz CT molecular complexity index is 1100. The molecule has 2 aromatic carbocycles. The normalized spacial score (nSPS) is 18.7. The molecule has 2 heterocycles. The lowest BCUT2D eigenvalue weighted by Gasteiger charge is -2.41. The first-order valence-corrected chi connectivity index (χ1v) is 12.3. The van der Waals surface area contributed by atoms with E-state index in [1.165, 1.54) is 0 Å². The Balaban J connectivity index is 1.42. The van der Waals surface area contributed by atoms with Gasteiger partial charge >= 0.3 is 18.0 Å². The van der Waals surface area contributed by atoms with Crippen LogP contribution >= 0.6 is 27.5 Å². The van der Waals surface area contributed by atoms with Gasteiger partial charge in [0.25, 0.3) is 0 Å². The standard InChI is InChI=1S/C24H26BrClN4O4/c1-14-9-15(10-18(25)21(14)26)11-20(22(31)32)28-23(33)29-8-4-6-17(13-29)30-12-16-5-2-3-7-19(16)27-24(30)34/h2-3,5,7,9-10,17,20H,4,6,8,11-13H2,1H3,(H,27,34)(H,28,33)(H,31,32). The third kappa shape index (κ3) is 5.31. The lowest BCUT2D eigenvalue weighted by atomic mass is 10.0. The summed E-state index contributed by atoms with van der Waals surface area (Å²) < 4.78 is 0.680. The number of carbonyl (C=O) groups is 3. The number of nitrogens with zero attached hydrogens (tertiary/aromatic N) is 2. The SMILES string of the molecule is Cc1cc(CC(NC(=O)N2CCCC(N3Cc4ccccc4NC3=O)C2)C(=O)O)cc(Br)c1Cl. The van der Waals surface area contributed by atoms with Gasteiger partial charge in [-0.2, -0.15) is 0 Å². The number of aryl methyl sites for hydroxylation is 1. The van der Waals surface area contributed by atoms with Gasteiger partial charge in [0.15, 0.2) is 0 Å². The largest absolute Gasteiger partial charge is 0.480 e. The number of hydrogen-bond acceptors (Lipinski definition) is 3. The number of halogens is 2. The van der Waals surface area contributed by atoms with Crippen LogP contribution in [0.25, 0.3) is 0 Å². The number of fused-ring (bicyclic) bond motifs is 1. The van der Waals surface area contributed by atoms with Crippen molar-refractivity contribution in [2.75, 3.05) is 18.4 Å². The van der Waals surface area contributed by atoms with Crippen LogP contribution in [0.5, 0.6) is 0 Å². The highest BCUT2D eigenvalue weighted by molar-refractivity contribution is 9.10. The summed E-state index contributed by atoms with van der Waals surface area (Å²) in [7, 11) is 0. The fraction of sp³-hybridized carbons (Fsp3) is 0.375. The lowest BCUT2D eigenvalue weighted by Crippen LogP contribution is -2.57. The van der Waals surface area contributed by atoms with Crippen molar-refractivity contribution in [1.29, 1.82) is 0 Å². The van der Waals surface area contributed by atoms with E-state index < -0.39 is 18.0 Å². The molecule has 180 valence electrons. The molecule has 2 aliphatic rings. The number of carboxylic acid groups (broad SMARTS) is 1. The third-order valence-electron chi connectivity index (χ3n) is 6.29. The minimum atomic E-state index is -1.11. The van der Waals surface area contributed by atoms with E-state index in [2.05, 4.69) is 26.6 Å². The number of para-hydroxylation sites is 1. The Morgan fingerprint density at radius 3 is 2.82 bits per heavy atom. The smallest absolute Gasteiger partial charge is 0.326 e. The van der Waals surface area contributed by atoms with E-state index in [1.807, 2.05) is 37.3 Å². The first-order chi connectivity index (χ1) is 16.2. The van der Waals surface area contributed by atoms with Gasteiger partial charge in [0.2, 0.25) is 0 Å². The van der Waals surface area contributed by atoms with Crippen molar-refractivity contribution in [3.63, 3.8) is 0 Å². The number of aliphatic carboxylic acids is 1. The average molecular weight is 550 g/mol. The van der Waals surface area contributed by atoms with Crippen LogP contribution in [0.15, 0.2) is 40.9 Å². The third-order valence-corrected chi connectivity index (χ3v) is 7.65. The van der Waals surface area contributed by atoms with Crippen LogP contribution < -0.4 is 10.6 Å². The Morgan fingerprint density at radius 1 is 1.32 bits per heavy atom. The molecule has 2 aromatic rings. The highest BCUT2D eigenvalue weighted by Gasteiger charge is 2.34. The summed E-state index contributed by atoms with van der Waals surface area (Å²) in [6.07, 6.45) is 1.63. The van der Waals surface area contributed by atoms with Crippen molar-refractivity contribution in [2.45, 2.75) is 44.8 Å². The zero-order valence-corrected chi connectivity index (χ0v) is 21.0. The topological polar surface area (TPSA) is 102 Å². The Kier molecular flexibility index (Phi) is 7.33. The van der Waals surface area contributed by atoms with E-state index in [4.69, 9.17) is 11.6 Å². The molecule has 3 N–H and O–H groups in total. The van der Waals surface area contributed by atoms with Crippen molar-refractivity contribution < 1.29 is 19.5 Å². The monoisotopic (exact) mass is 548 g/mol. The Morgan fingerprint density at radius 2 is 2.09 bits per heavy atom. The van der Waals surface area contributed by atoms with Crippen LogP contribution in [0.2, 0.25) is 5.02 Å².